The van der Waals surface area contributed by atoms with Gasteiger partial charge >= 0.3 is 0 Å². The molecule has 0 fully saturated rings. The van der Waals surface area contributed by atoms with Gasteiger partial charge in [-0.05, 0) is 48.6 Å². The molecule has 1 atom stereocenters. The molecule has 2 rings (SSSR count). The van der Waals surface area contributed by atoms with Crippen LogP contribution in [-0.4, -0.2) is 41.6 Å². The maximum atomic E-state index is 13.2. The Kier molecular flexibility index (Phi) is 11.0. The summed E-state index contributed by atoms with van der Waals surface area (Å²) in [4.78, 5) is 28.9. The van der Waals surface area contributed by atoms with Crippen molar-refractivity contribution in [2.75, 3.05) is 18.8 Å². The van der Waals surface area contributed by atoms with Crippen LogP contribution in [0, 0.1) is 5.92 Å². The van der Waals surface area contributed by atoms with Gasteiger partial charge in [0.2, 0.25) is 11.8 Å². The minimum absolute atomic E-state index is 0.0175. The molecule has 0 spiro atoms. The Morgan fingerprint density at radius 2 is 1.74 bits per heavy atom. The number of halogens is 1. The predicted molar refractivity (Wildman–Crippen MR) is 131 cm³/mol. The fourth-order valence-corrected chi connectivity index (χ4v) is 4.22. The van der Waals surface area contributed by atoms with E-state index in [4.69, 9.17) is 11.6 Å². The van der Waals surface area contributed by atoms with Gasteiger partial charge in [-0.25, -0.2) is 0 Å². The molecule has 6 heteroatoms. The Labute approximate surface area is 195 Å². The van der Waals surface area contributed by atoms with E-state index in [1.165, 1.54) is 0 Å². The lowest BCUT2D eigenvalue weighted by atomic mass is 10.1. The van der Waals surface area contributed by atoms with E-state index in [1.54, 1.807) is 16.7 Å². The number of hydrogen-bond acceptors (Lipinski definition) is 3. The molecule has 168 valence electrons. The highest BCUT2D eigenvalue weighted by atomic mass is 35.5. The summed E-state index contributed by atoms with van der Waals surface area (Å²) in [6.07, 6.45) is 1.70. The minimum atomic E-state index is -0.449. The van der Waals surface area contributed by atoms with Crippen LogP contribution in [0.2, 0.25) is 5.02 Å². The first-order chi connectivity index (χ1) is 14.9. The highest BCUT2D eigenvalue weighted by Crippen LogP contribution is 2.22. The second-order valence-electron chi connectivity index (χ2n) is 7.94. The third kappa shape index (κ3) is 8.96. The number of hydrogen-bond donors (Lipinski definition) is 1. The van der Waals surface area contributed by atoms with Crippen molar-refractivity contribution in [3.05, 3.63) is 65.2 Å². The molecular weight excluding hydrogens is 428 g/mol. The van der Waals surface area contributed by atoms with E-state index in [2.05, 4.69) is 31.3 Å². The molecule has 0 unspecified atom stereocenters. The summed E-state index contributed by atoms with van der Waals surface area (Å²) in [5.74, 6) is 0.976. The van der Waals surface area contributed by atoms with E-state index < -0.39 is 6.04 Å². The smallest absolute Gasteiger partial charge is 0.242 e. The zero-order valence-electron chi connectivity index (χ0n) is 18.6. The predicted octanol–water partition coefficient (Wildman–Crippen LogP) is 5.44. The van der Waals surface area contributed by atoms with Crippen LogP contribution in [0.15, 0.2) is 59.5 Å². The van der Waals surface area contributed by atoms with Gasteiger partial charge in [-0.1, -0.05) is 62.7 Å². The van der Waals surface area contributed by atoms with Gasteiger partial charge in [0, 0.05) is 35.2 Å². The molecule has 2 aromatic rings. The highest BCUT2D eigenvalue weighted by molar-refractivity contribution is 7.99. The first kappa shape index (κ1) is 25.3. The fourth-order valence-electron chi connectivity index (χ4n) is 3.25. The first-order valence-corrected chi connectivity index (χ1v) is 12.3. The molecule has 0 aliphatic rings. The second-order valence-corrected chi connectivity index (χ2v) is 9.54. The number of benzene rings is 2. The zero-order chi connectivity index (χ0) is 22.6. The van der Waals surface area contributed by atoms with Gasteiger partial charge in [0.25, 0.3) is 0 Å². The van der Waals surface area contributed by atoms with Crippen molar-refractivity contribution in [3.63, 3.8) is 0 Å². The SMILES string of the molecule is CC[C@@H](C(=O)NCC(C)C)N(CCc1ccccc1)C(=O)CCSc1ccc(Cl)cc1. The number of thioether (sulfide) groups is 1. The van der Waals surface area contributed by atoms with E-state index in [9.17, 15) is 9.59 Å². The van der Waals surface area contributed by atoms with Crippen LogP contribution in [0.4, 0.5) is 0 Å². The molecule has 4 nitrogen and oxygen atoms in total. The number of nitrogens with zero attached hydrogens (tertiary/aromatic N) is 1. The van der Waals surface area contributed by atoms with Gasteiger partial charge in [0.05, 0.1) is 0 Å². The Bertz CT molecular complexity index is 812. The number of amides is 2. The standard InChI is InChI=1S/C25H33ClN2O2S/c1-4-23(25(30)27-18-19(2)3)28(16-14-20-8-6-5-7-9-20)24(29)15-17-31-22-12-10-21(26)11-13-22/h5-13,19,23H,4,14-18H2,1-3H3,(H,27,30)/t23-/m0/s1. The number of carbonyl (C=O) groups is 2. The Morgan fingerprint density at radius 1 is 1.06 bits per heavy atom. The largest absolute Gasteiger partial charge is 0.354 e. The number of carbonyl (C=O) groups excluding carboxylic acids is 2. The third-order valence-electron chi connectivity index (χ3n) is 4.95. The molecule has 31 heavy (non-hydrogen) atoms. The number of rotatable bonds is 12. The van der Waals surface area contributed by atoms with Crippen molar-refractivity contribution in [2.24, 2.45) is 5.92 Å². The van der Waals surface area contributed by atoms with Crippen LogP contribution in [0.1, 0.15) is 39.2 Å². The summed E-state index contributed by atoms with van der Waals surface area (Å²) in [6.45, 7) is 7.23. The van der Waals surface area contributed by atoms with Crippen molar-refractivity contribution in [1.82, 2.24) is 10.2 Å². The summed E-state index contributed by atoms with van der Waals surface area (Å²) in [5, 5.41) is 3.70. The monoisotopic (exact) mass is 460 g/mol. The zero-order valence-corrected chi connectivity index (χ0v) is 20.2. The molecule has 2 amide bonds. The van der Waals surface area contributed by atoms with Gasteiger partial charge in [0.1, 0.15) is 6.04 Å². The summed E-state index contributed by atoms with van der Waals surface area (Å²) in [6, 6.07) is 17.3. The Hall–Kier alpha value is -1.98. The van der Waals surface area contributed by atoms with Crippen LogP contribution >= 0.6 is 23.4 Å². The molecule has 0 bridgehead atoms. The molecule has 0 aliphatic carbocycles. The van der Waals surface area contributed by atoms with E-state index in [1.807, 2.05) is 49.4 Å². The molecular formula is C25H33ClN2O2S. The minimum Gasteiger partial charge on any atom is -0.354 e. The average Bonchev–Trinajstić information content (AvgIpc) is 2.77. The summed E-state index contributed by atoms with van der Waals surface area (Å²) >= 11 is 7.57. The molecule has 0 saturated heterocycles. The van der Waals surface area contributed by atoms with Gasteiger partial charge in [-0.15, -0.1) is 11.8 Å². The van der Waals surface area contributed by atoms with Gasteiger partial charge < -0.3 is 10.2 Å². The molecule has 1 N–H and O–H groups in total. The van der Waals surface area contributed by atoms with Crippen LogP contribution in [-0.2, 0) is 16.0 Å². The lowest BCUT2D eigenvalue weighted by Gasteiger charge is -2.31. The van der Waals surface area contributed by atoms with Crippen LogP contribution in [0.25, 0.3) is 0 Å². The molecule has 0 saturated carbocycles. The maximum absolute atomic E-state index is 13.2. The Morgan fingerprint density at radius 3 is 2.35 bits per heavy atom. The molecule has 2 aromatic carbocycles. The van der Waals surface area contributed by atoms with Crippen molar-refractivity contribution < 1.29 is 9.59 Å². The van der Waals surface area contributed by atoms with Crippen LogP contribution < -0.4 is 5.32 Å². The van der Waals surface area contributed by atoms with Crippen molar-refractivity contribution >= 4 is 35.2 Å². The Balaban J connectivity index is 2.03. The average molecular weight is 461 g/mol. The first-order valence-electron chi connectivity index (χ1n) is 10.9. The van der Waals surface area contributed by atoms with E-state index in [0.29, 0.717) is 42.6 Å². The summed E-state index contributed by atoms with van der Waals surface area (Å²) in [5.41, 5.74) is 1.16. The van der Waals surface area contributed by atoms with Crippen molar-refractivity contribution in [2.45, 2.75) is 51.0 Å². The lowest BCUT2D eigenvalue weighted by molar-refractivity contribution is -0.140. The van der Waals surface area contributed by atoms with Crippen LogP contribution in [0.3, 0.4) is 0 Å². The van der Waals surface area contributed by atoms with E-state index >= 15 is 0 Å². The molecule has 0 aliphatic heterocycles. The van der Waals surface area contributed by atoms with Gasteiger partial charge in [-0.2, -0.15) is 0 Å². The van der Waals surface area contributed by atoms with Crippen LogP contribution in [0.5, 0.6) is 0 Å². The quantitative estimate of drug-likeness (QED) is 0.429. The topological polar surface area (TPSA) is 49.4 Å². The van der Waals surface area contributed by atoms with Crippen molar-refractivity contribution in [1.29, 1.82) is 0 Å². The molecule has 0 aromatic heterocycles. The third-order valence-corrected chi connectivity index (χ3v) is 6.22. The maximum Gasteiger partial charge on any atom is 0.242 e. The highest BCUT2D eigenvalue weighted by Gasteiger charge is 2.28. The van der Waals surface area contributed by atoms with E-state index in [0.717, 1.165) is 16.9 Å². The molecule has 0 radical (unpaired) electrons. The molecule has 0 heterocycles. The number of nitrogens with one attached hydrogen (secondary N) is 1. The van der Waals surface area contributed by atoms with Gasteiger partial charge in [-0.3, -0.25) is 9.59 Å². The van der Waals surface area contributed by atoms with Gasteiger partial charge in [0.15, 0.2) is 0 Å². The normalized spacial score (nSPS) is 11.9. The van der Waals surface area contributed by atoms with E-state index in [-0.39, 0.29) is 11.8 Å². The lowest BCUT2D eigenvalue weighted by Crippen LogP contribution is -2.50. The second kappa shape index (κ2) is 13.4. The summed E-state index contributed by atoms with van der Waals surface area (Å²) in [7, 11) is 0. The van der Waals surface area contributed by atoms with Crippen molar-refractivity contribution in [3.8, 4) is 0 Å². The summed E-state index contributed by atoms with van der Waals surface area (Å²) < 4.78 is 0. The fraction of sp³-hybridized carbons (Fsp3) is 0.440.